The van der Waals surface area contributed by atoms with Gasteiger partial charge >= 0.3 is 5.97 Å². The Balaban J connectivity index is 4.08. The Morgan fingerprint density at radius 2 is 1.84 bits per heavy atom. The van der Waals surface area contributed by atoms with E-state index < -0.39 is 5.54 Å². The molecule has 0 saturated carbocycles. The zero-order chi connectivity index (χ0) is 14.6. The van der Waals surface area contributed by atoms with Crippen LogP contribution in [-0.2, 0) is 14.3 Å². The summed E-state index contributed by atoms with van der Waals surface area (Å²) in [6.45, 7) is 10.6. The zero-order valence-corrected chi connectivity index (χ0v) is 13.1. The van der Waals surface area contributed by atoms with Crippen molar-refractivity contribution in [1.29, 1.82) is 0 Å². The van der Waals surface area contributed by atoms with Gasteiger partial charge in [-0.1, -0.05) is 26.7 Å². The van der Waals surface area contributed by atoms with Gasteiger partial charge in [-0.25, -0.2) is 0 Å². The number of hydrogen-bond donors (Lipinski definition) is 1. The fraction of sp³-hybridized carbons (Fsp3) is 0.933. The van der Waals surface area contributed by atoms with Gasteiger partial charge in [0, 0.05) is 13.2 Å². The average Bonchev–Trinajstić information content (AvgIpc) is 2.40. The van der Waals surface area contributed by atoms with Crippen molar-refractivity contribution in [2.75, 3.05) is 26.4 Å². The second-order valence-corrected chi connectivity index (χ2v) is 5.05. The predicted molar refractivity (Wildman–Crippen MR) is 78.3 cm³/mol. The van der Waals surface area contributed by atoms with Gasteiger partial charge in [-0.15, -0.1) is 0 Å². The molecule has 0 aromatic rings. The van der Waals surface area contributed by atoms with Crippen LogP contribution in [0.2, 0.25) is 0 Å². The van der Waals surface area contributed by atoms with E-state index in [-0.39, 0.29) is 5.97 Å². The van der Waals surface area contributed by atoms with E-state index in [1.165, 1.54) is 12.8 Å². The Morgan fingerprint density at radius 1 is 1.11 bits per heavy atom. The average molecular weight is 273 g/mol. The van der Waals surface area contributed by atoms with Gasteiger partial charge in [0.1, 0.15) is 5.54 Å². The van der Waals surface area contributed by atoms with Gasteiger partial charge in [-0.2, -0.15) is 0 Å². The van der Waals surface area contributed by atoms with E-state index in [4.69, 9.17) is 9.47 Å². The molecule has 0 rings (SSSR count). The summed E-state index contributed by atoms with van der Waals surface area (Å²) in [6.07, 6.45) is 5.13. The van der Waals surface area contributed by atoms with Crippen molar-refractivity contribution in [2.24, 2.45) is 0 Å². The zero-order valence-electron chi connectivity index (χ0n) is 13.1. The van der Waals surface area contributed by atoms with Crippen molar-refractivity contribution in [3.05, 3.63) is 0 Å². The van der Waals surface area contributed by atoms with Crippen molar-refractivity contribution in [3.8, 4) is 0 Å². The molecule has 0 aliphatic carbocycles. The summed E-state index contributed by atoms with van der Waals surface area (Å²) in [5.74, 6) is -0.180. The summed E-state index contributed by atoms with van der Waals surface area (Å²) < 4.78 is 10.7. The number of esters is 1. The lowest BCUT2D eigenvalue weighted by Gasteiger charge is -2.28. The maximum atomic E-state index is 12.0. The smallest absolute Gasteiger partial charge is 0.326 e. The number of rotatable bonds is 12. The maximum absolute atomic E-state index is 12.0. The highest BCUT2D eigenvalue weighted by Gasteiger charge is 2.33. The molecule has 114 valence electrons. The molecule has 0 aromatic heterocycles. The van der Waals surface area contributed by atoms with E-state index in [1.54, 1.807) is 0 Å². The Hall–Kier alpha value is -0.610. The van der Waals surface area contributed by atoms with Gasteiger partial charge in [0.2, 0.25) is 0 Å². The quantitative estimate of drug-likeness (QED) is 0.439. The van der Waals surface area contributed by atoms with E-state index in [1.807, 2.05) is 13.8 Å². The van der Waals surface area contributed by atoms with Crippen LogP contribution in [0.5, 0.6) is 0 Å². The molecule has 1 unspecified atom stereocenters. The lowest BCUT2D eigenvalue weighted by Crippen LogP contribution is -2.51. The van der Waals surface area contributed by atoms with Crippen molar-refractivity contribution < 1.29 is 14.3 Å². The van der Waals surface area contributed by atoms with E-state index in [0.717, 1.165) is 26.0 Å². The van der Waals surface area contributed by atoms with Crippen LogP contribution < -0.4 is 5.32 Å². The summed E-state index contributed by atoms with van der Waals surface area (Å²) >= 11 is 0. The molecule has 0 aliphatic heterocycles. The molecule has 0 heterocycles. The molecular weight excluding hydrogens is 242 g/mol. The van der Waals surface area contributed by atoms with E-state index in [9.17, 15) is 4.79 Å². The van der Waals surface area contributed by atoms with Gasteiger partial charge in [0.15, 0.2) is 0 Å². The molecule has 1 atom stereocenters. The van der Waals surface area contributed by atoms with E-state index >= 15 is 0 Å². The fourth-order valence-electron chi connectivity index (χ4n) is 1.79. The van der Waals surface area contributed by atoms with Gasteiger partial charge in [-0.3, -0.25) is 4.79 Å². The third-order valence-electron chi connectivity index (χ3n) is 3.13. The number of nitrogens with one attached hydrogen (secondary N) is 1. The first-order chi connectivity index (χ1) is 9.10. The first-order valence-electron chi connectivity index (χ1n) is 7.60. The molecule has 19 heavy (non-hydrogen) atoms. The van der Waals surface area contributed by atoms with Crippen molar-refractivity contribution >= 4 is 5.97 Å². The molecule has 0 spiro atoms. The summed E-state index contributed by atoms with van der Waals surface area (Å²) in [6, 6.07) is 0. The third kappa shape index (κ3) is 8.22. The predicted octanol–water partition coefficient (Wildman–Crippen LogP) is 2.90. The second kappa shape index (κ2) is 11.2. The number of unbranched alkanes of at least 4 members (excludes halogenated alkanes) is 2. The number of hydrogen-bond acceptors (Lipinski definition) is 4. The molecule has 4 nitrogen and oxygen atoms in total. The Morgan fingerprint density at radius 3 is 2.42 bits per heavy atom. The number of ether oxygens (including phenoxy) is 2. The fourth-order valence-corrected chi connectivity index (χ4v) is 1.79. The standard InChI is InChI=1S/C15H31NO3/c1-5-8-9-12-18-13-10-15(4,16-11-6-2)14(17)19-7-3/h16H,5-13H2,1-4H3. The topological polar surface area (TPSA) is 47.6 Å². The maximum Gasteiger partial charge on any atom is 0.326 e. The lowest BCUT2D eigenvalue weighted by atomic mass is 9.98. The number of carbonyl (C=O) groups excluding carboxylic acids is 1. The normalized spacial score (nSPS) is 14.1. The third-order valence-corrected chi connectivity index (χ3v) is 3.13. The monoisotopic (exact) mass is 273 g/mol. The minimum absolute atomic E-state index is 0.180. The Labute approximate surface area is 118 Å². The lowest BCUT2D eigenvalue weighted by molar-refractivity contribution is -0.151. The molecule has 0 aliphatic rings. The van der Waals surface area contributed by atoms with Crippen molar-refractivity contribution in [1.82, 2.24) is 5.32 Å². The minimum atomic E-state index is -0.628. The highest BCUT2D eigenvalue weighted by Crippen LogP contribution is 2.13. The van der Waals surface area contributed by atoms with Crippen LogP contribution in [-0.4, -0.2) is 37.9 Å². The van der Waals surface area contributed by atoms with Crippen LogP contribution in [0.15, 0.2) is 0 Å². The van der Waals surface area contributed by atoms with Crippen LogP contribution >= 0.6 is 0 Å². The van der Waals surface area contributed by atoms with Crippen molar-refractivity contribution in [3.63, 3.8) is 0 Å². The van der Waals surface area contributed by atoms with Crippen LogP contribution in [0, 0.1) is 0 Å². The molecule has 0 radical (unpaired) electrons. The van der Waals surface area contributed by atoms with Crippen molar-refractivity contribution in [2.45, 2.75) is 65.3 Å². The van der Waals surface area contributed by atoms with Gasteiger partial charge < -0.3 is 14.8 Å². The van der Waals surface area contributed by atoms with Crippen LogP contribution in [0.4, 0.5) is 0 Å². The molecule has 0 fully saturated rings. The van der Waals surface area contributed by atoms with Crippen LogP contribution in [0.25, 0.3) is 0 Å². The Kier molecular flexibility index (Phi) is 10.9. The van der Waals surface area contributed by atoms with Crippen LogP contribution in [0.3, 0.4) is 0 Å². The second-order valence-electron chi connectivity index (χ2n) is 5.05. The summed E-state index contributed by atoms with van der Waals surface area (Å²) in [4.78, 5) is 12.0. The molecule has 0 aromatic carbocycles. The van der Waals surface area contributed by atoms with E-state index in [2.05, 4.69) is 19.2 Å². The molecule has 0 saturated heterocycles. The Bertz CT molecular complexity index is 233. The molecule has 0 bridgehead atoms. The summed E-state index contributed by atoms with van der Waals surface area (Å²) in [5, 5.41) is 3.28. The largest absolute Gasteiger partial charge is 0.465 e. The summed E-state index contributed by atoms with van der Waals surface area (Å²) in [5.41, 5.74) is -0.628. The molecule has 1 N–H and O–H groups in total. The van der Waals surface area contributed by atoms with Gasteiger partial charge in [0.05, 0.1) is 6.61 Å². The van der Waals surface area contributed by atoms with E-state index in [0.29, 0.717) is 19.6 Å². The highest BCUT2D eigenvalue weighted by molar-refractivity contribution is 5.80. The summed E-state index contributed by atoms with van der Waals surface area (Å²) in [7, 11) is 0. The number of carbonyl (C=O) groups is 1. The minimum Gasteiger partial charge on any atom is -0.465 e. The first-order valence-corrected chi connectivity index (χ1v) is 7.60. The molecule has 4 heteroatoms. The molecule has 0 amide bonds. The SMILES string of the molecule is CCCCCOCCC(C)(NCCC)C(=O)OCC. The first kappa shape index (κ1) is 18.4. The highest BCUT2D eigenvalue weighted by atomic mass is 16.5. The van der Waals surface area contributed by atoms with Gasteiger partial charge in [0.25, 0.3) is 0 Å². The van der Waals surface area contributed by atoms with Gasteiger partial charge in [-0.05, 0) is 39.7 Å². The molecular formula is C15H31NO3. The van der Waals surface area contributed by atoms with Crippen LogP contribution in [0.1, 0.15) is 59.8 Å².